The van der Waals surface area contributed by atoms with Gasteiger partial charge in [-0.2, -0.15) is 14.9 Å². The van der Waals surface area contributed by atoms with E-state index in [0.717, 1.165) is 16.7 Å². The van der Waals surface area contributed by atoms with Gasteiger partial charge in [-0.25, -0.2) is 9.49 Å². The van der Waals surface area contributed by atoms with Gasteiger partial charge < -0.3 is 0 Å². The summed E-state index contributed by atoms with van der Waals surface area (Å²) in [5.41, 5.74) is 2.81. The number of aromatic nitrogens is 3. The van der Waals surface area contributed by atoms with Crippen LogP contribution in [0.5, 0.6) is 0 Å². The molecule has 3 aromatic rings. The summed E-state index contributed by atoms with van der Waals surface area (Å²) in [6.07, 6.45) is 1.62. The van der Waals surface area contributed by atoms with Crippen molar-refractivity contribution >= 4 is 18.4 Å². The number of nitrogens with one attached hydrogen (secondary N) is 1. The van der Waals surface area contributed by atoms with Crippen LogP contribution in [0.1, 0.15) is 11.1 Å². The van der Waals surface area contributed by atoms with Gasteiger partial charge in [-0.05, 0) is 42.4 Å². The summed E-state index contributed by atoms with van der Waals surface area (Å²) in [6, 6.07) is 13.9. The smallest absolute Gasteiger partial charge is 0.216 e. The Bertz CT molecular complexity index is 878. The quantitative estimate of drug-likeness (QED) is 0.588. The number of aryl methyl sites for hydroxylation is 1. The fourth-order valence-electron chi connectivity index (χ4n) is 2.07. The first kappa shape index (κ1) is 14.3. The summed E-state index contributed by atoms with van der Waals surface area (Å²) in [5.74, 6) is 0.360. The molecule has 4 nitrogen and oxygen atoms in total. The minimum absolute atomic E-state index is 0.280. The lowest BCUT2D eigenvalue weighted by Crippen LogP contribution is -1.96. The second-order valence-electron chi connectivity index (χ2n) is 4.78. The van der Waals surface area contributed by atoms with Crippen molar-refractivity contribution in [1.82, 2.24) is 14.9 Å². The van der Waals surface area contributed by atoms with E-state index in [4.69, 9.17) is 12.2 Å². The summed E-state index contributed by atoms with van der Waals surface area (Å²) in [5, 5.41) is 11.4. The zero-order chi connectivity index (χ0) is 15.5. The molecule has 3 rings (SSSR count). The highest BCUT2D eigenvalue weighted by molar-refractivity contribution is 7.71. The molecule has 22 heavy (non-hydrogen) atoms. The van der Waals surface area contributed by atoms with Crippen molar-refractivity contribution in [2.75, 3.05) is 0 Å². The number of H-pyrrole nitrogens is 1. The van der Waals surface area contributed by atoms with Gasteiger partial charge >= 0.3 is 0 Å². The molecule has 1 aromatic heterocycles. The van der Waals surface area contributed by atoms with Crippen molar-refractivity contribution in [3.63, 3.8) is 0 Å². The summed E-state index contributed by atoms with van der Waals surface area (Å²) in [7, 11) is 0. The highest BCUT2D eigenvalue weighted by Crippen LogP contribution is 2.21. The van der Waals surface area contributed by atoms with Crippen LogP contribution in [0.3, 0.4) is 0 Å². The highest BCUT2D eigenvalue weighted by atomic mass is 32.1. The van der Waals surface area contributed by atoms with Gasteiger partial charge in [0.05, 0.1) is 6.21 Å². The molecule has 0 radical (unpaired) electrons. The van der Waals surface area contributed by atoms with E-state index in [1.54, 1.807) is 23.0 Å². The lowest BCUT2D eigenvalue weighted by Gasteiger charge is -2.04. The molecular weight excluding hydrogens is 299 g/mol. The molecule has 0 saturated heterocycles. The van der Waals surface area contributed by atoms with Gasteiger partial charge in [0.1, 0.15) is 5.82 Å². The number of benzene rings is 2. The molecule has 0 aliphatic heterocycles. The number of halogens is 1. The SMILES string of the molecule is Cc1ccccc1-c1n[nH]c(=S)n1/N=C/c1ccc(F)cc1. The summed E-state index contributed by atoms with van der Waals surface area (Å²) >= 11 is 5.22. The van der Waals surface area contributed by atoms with Gasteiger partial charge in [-0.15, -0.1) is 0 Å². The maximum atomic E-state index is 12.9. The van der Waals surface area contributed by atoms with Crippen LogP contribution in [0.4, 0.5) is 4.39 Å². The monoisotopic (exact) mass is 312 g/mol. The first-order valence-electron chi connectivity index (χ1n) is 6.68. The maximum Gasteiger partial charge on any atom is 0.216 e. The van der Waals surface area contributed by atoms with Gasteiger partial charge in [0.15, 0.2) is 5.82 Å². The van der Waals surface area contributed by atoms with Crippen LogP contribution in [0.15, 0.2) is 53.6 Å². The second-order valence-corrected chi connectivity index (χ2v) is 5.16. The first-order chi connectivity index (χ1) is 10.6. The molecule has 1 heterocycles. The van der Waals surface area contributed by atoms with Gasteiger partial charge in [0, 0.05) is 5.56 Å². The Balaban J connectivity index is 2.02. The van der Waals surface area contributed by atoms with E-state index in [-0.39, 0.29) is 5.82 Å². The molecule has 0 bridgehead atoms. The third-order valence-corrected chi connectivity index (χ3v) is 3.49. The second kappa shape index (κ2) is 6.03. The maximum absolute atomic E-state index is 12.9. The topological polar surface area (TPSA) is 46.0 Å². The third-order valence-electron chi connectivity index (χ3n) is 3.23. The number of aromatic amines is 1. The van der Waals surface area contributed by atoms with Crippen LogP contribution in [-0.2, 0) is 0 Å². The Morgan fingerprint density at radius 1 is 1.18 bits per heavy atom. The van der Waals surface area contributed by atoms with Crippen molar-refractivity contribution in [1.29, 1.82) is 0 Å². The summed E-state index contributed by atoms with van der Waals surface area (Å²) in [6.45, 7) is 2.00. The molecule has 0 aliphatic carbocycles. The Morgan fingerprint density at radius 2 is 1.91 bits per heavy atom. The van der Waals surface area contributed by atoms with Crippen LogP contribution in [0, 0.1) is 17.5 Å². The summed E-state index contributed by atoms with van der Waals surface area (Å²) in [4.78, 5) is 0. The Hall–Kier alpha value is -2.60. The van der Waals surface area contributed by atoms with Gasteiger partial charge in [-0.1, -0.05) is 36.4 Å². The van der Waals surface area contributed by atoms with Crippen LogP contribution in [-0.4, -0.2) is 21.1 Å². The molecular formula is C16H13FN4S. The van der Waals surface area contributed by atoms with E-state index in [2.05, 4.69) is 15.3 Å². The molecule has 0 saturated carbocycles. The predicted octanol–water partition coefficient (Wildman–Crippen LogP) is 3.94. The van der Waals surface area contributed by atoms with E-state index in [0.29, 0.717) is 10.6 Å². The minimum Gasteiger partial charge on any atom is -0.250 e. The number of rotatable bonds is 3. The van der Waals surface area contributed by atoms with Gasteiger partial charge in [0.25, 0.3) is 0 Å². The molecule has 1 N–H and O–H groups in total. The average Bonchev–Trinajstić information content (AvgIpc) is 2.88. The average molecular weight is 312 g/mol. The Kier molecular flexibility index (Phi) is 3.93. The Morgan fingerprint density at radius 3 is 2.64 bits per heavy atom. The minimum atomic E-state index is -0.280. The van der Waals surface area contributed by atoms with Crippen molar-refractivity contribution in [2.24, 2.45) is 5.10 Å². The van der Waals surface area contributed by atoms with Crippen LogP contribution in [0.2, 0.25) is 0 Å². The fraction of sp³-hybridized carbons (Fsp3) is 0.0625. The van der Waals surface area contributed by atoms with Crippen LogP contribution in [0.25, 0.3) is 11.4 Å². The molecule has 0 spiro atoms. The van der Waals surface area contributed by atoms with Gasteiger partial charge in [0.2, 0.25) is 4.77 Å². The zero-order valence-corrected chi connectivity index (χ0v) is 12.6. The van der Waals surface area contributed by atoms with E-state index in [1.165, 1.54) is 12.1 Å². The number of hydrogen-bond donors (Lipinski definition) is 1. The lowest BCUT2D eigenvalue weighted by atomic mass is 10.1. The molecule has 6 heteroatoms. The molecule has 0 aliphatic rings. The largest absolute Gasteiger partial charge is 0.250 e. The van der Waals surface area contributed by atoms with Crippen LogP contribution < -0.4 is 0 Å². The summed E-state index contributed by atoms with van der Waals surface area (Å²) < 4.78 is 14.9. The molecule has 0 amide bonds. The number of hydrogen-bond acceptors (Lipinski definition) is 3. The molecule has 0 fully saturated rings. The van der Waals surface area contributed by atoms with Crippen molar-refractivity contribution in [2.45, 2.75) is 6.92 Å². The Labute approximate surface area is 131 Å². The van der Waals surface area contributed by atoms with Crippen molar-refractivity contribution < 1.29 is 4.39 Å². The zero-order valence-electron chi connectivity index (χ0n) is 11.8. The molecule has 2 aromatic carbocycles. The van der Waals surface area contributed by atoms with Crippen molar-refractivity contribution in [3.05, 3.63) is 70.2 Å². The van der Waals surface area contributed by atoms with E-state index < -0.39 is 0 Å². The normalized spacial score (nSPS) is 11.2. The predicted molar refractivity (Wildman–Crippen MR) is 87.0 cm³/mol. The van der Waals surface area contributed by atoms with E-state index in [1.807, 2.05) is 31.2 Å². The standard InChI is InChI=1S/C16H13FN4S/c1-11-4-2-3-5-14(11)15-19-20-16(22)21(15)18-10-12-6-8-13(17)9-7-12/h2-10H,1H3,(H,20,22)/b18-10+. The van der Waals surface area contributed by atoms with Crippen molar-refractivity contribution in [3.8, 4) is 11.4 Å². The first-order valence-corrected chi connectivity index (χ1v) is 7.09. The number of nitrogens with zero attached hydrogens (tertiary/aromatic N) is 3. The molecule has 0 atom stereocenters. The fourth-order valence-corrected chi connectivity index (χ4v) is 2.25. The van der Waals surface area contributed by atoms with E-state index in [9.17, 15) is 4.39 Å². The third kappa shape index (κ3) is 2.87. The molecule has 0 unspecified atom stereocenters. The van der Waals surface area contributed by atoms with E-state index >= 15 is 0 Å². The molecule has 110 valence electrons. The van der Waals surface area contributed by atoms with Crippen LogP contribution >= 0.6 is 12.2 Å². The highest BCUT2D eigenvalue weighted by Gasteiger charge is 2.09. The van der Waals surface area contributed by atoms with Gasteiger partial charge in [-0.3, -0.25) is 0 Å². The lowest BCUT2D eigenvalue weighted by molar-refractivity contribution is 0.628.